The highest BCUT2D eigenvalue weighted by atomic mass is 16.4. The number of hydrogen-bond acceptors (Lipinski definition) is 2. The van der Waals surface area contributed by atoms with Crippen LogP contribution in [0.5, 0.6) is 0 Å². The van der Waals surface area contributed by atoms with Gasteiger partial charge in [0.05, 0.1) is 0 Å². The van der Waals surface area contributed by atoms with Crippen molar-refractivity contribution in [3.8, 4) is 0 Å². The molecule has 2 fully saturated rings. The van der Waals surface area contributed by atoms with Crippen molar-refractivity contribution in [1.82, 2.24) is 4.90 Å². The highest BCUT2D eigenvalue weighted by Crippen LogP contribution is 2.41. The molecule has 0 aromatic carbocycles. The van der Waals surface area contributed by atoms with Crippen molar-refractivity contribution in [2.75, 3.05) is 6.54 Å². The highest BCUT2D eigenvalue weighted by molar-refractivity contribution is 5.79. The summed E-state index contributed by atoms with van der Waals surface area (Å²) in [7, 11) is 0. The number of rotatable bonds is 5. The number of carboxylic acids is 1. The lowest BCUT2D eigenvalue weighted by Crippen LogP contribution is -2.57. The predicted octanol–water partition coefficient (Wildman–Crippen LogP) is 2.65. The van der Waals surface area contributed by atoms with Crippen molar-refractivity contribution in [3.05, 3.63) is 0 Å². The van der Waals surface area contributed by atoms with E-state index < -0.39 is 11.5 Å². The molecule has 2 rings (SSSR count). The van der Waals surface area contributed by atoms with Crippen LogP contribution in [-0.4, -0.2) is 34.1 Å². The van der Waals surface area contributed by atoms with E-state index in [1.165, 1.54) is 19.3 Å². The van der Waals surface area contributed by atoms with Crippen LogP contribution in [0.4, 0.5) is 0 Å². The summed E-state index contributed by atoms with van der Waals surface area (Å²) in [6.45, 7) is 3.10. The SMILES string of the molecule is CCCN(C1CC1)C1(C(=O)O)CCCCC1. The fourth-order valence-corrected chi connectivity index (χ4v) is 3.13. The zero-order chi connectivity index (χ0) is 11.6. The van der Waals surface area contributed by atoms with Crippen LogP contribution in [-0.2, 0) is 4.79 Å². The summed E-state index contributed by atoms with van der Waals surface area (Å²) in [6.07, 6.45) is 8.56. The monoisotopic (exact) mass is 225 g/mol. The Morgan fingerprint density at radius 3 is 2.38 bits per heavy atom. The van der Waals surface area contributed by atoms with E-state index in [1.807, 2.05) is 0 Å². The zero-order valence-corrected chi connectivity index (χ0v) is 10.2. The third-order valence-electron chi connectivity index (χ3n) is 4.08. The lowest BCUT2D eigenvalue weighted by Gasteiger charge is -2.43. The van der Waals surface area contributed by atoms with Crippen molar-refractivity contribution in [2.24, 2.45) is 0 Å². The second kappa shape index (κ2) is 4.74. The molecule has 0 atom stereocenters. The molecule has 16 heavy (non-hydrogen) atoms. The summed E-state index contributed by atoms with van der Waals surface area (Å²) in [5.41, 5.74) is -0.518. The van der Waals surface area contributed by atoms with Crippen LogP contribution in [0, 0.1) is 0 Å². The summed E-state index contributed by atoms with van der Waals surface area (Å²) in [5, 5.41) is 9.62. The van der Waals surface area contributed by atoms with Crippen molar-refractivity contribution >= 4 is 5.97 Å². The van der Waals surface area contributed by atoms with E-state index in [1.54, 1.807) is 0 Å². The Hall–Kier alpha value is -0.570. The largest absolute Gasteiger partial charge is 0.480 e. The van der Waals surface area contributed by atoms with Crippen LogP contribution in [0.25, 0.3) is 0 Å². The Bertz CT molecular complexity index is 255. The van der Waals surface area contributed by atoms with Gasteiger partial charge in [-0.05, 0) is 38.6 Å². The summed E-state index contributed by atoms with van der Waals surface area (Å²) in [5.74, 6) is -0.576. The van der Waals surface area contributed by atoms with Gasteiger partial charge in [-0.3, -0.25) is 9.69 Å². The van der Waals surface area contributed by atoms with Gasteiger partial charge >= 0.3 is 5.97 Å². The molecule has 3 heteroatoms. The third kappa shape index (κ3) is 2.10. The standard InChI is InChI=1S/C13H23NO2/c1-2-10-14(11-6-7-11)13(12(15)16)8-4-3-5-9-13/h11H,2-10H2,1H3,(H,15,16). The van der Waals surface area contributed by atoms with Crippen LogP contribution in [0.2, 0.25) is 0 Å². The second-order valence-corrected chi connectivity index (χ2v) is 5.32. The van der Waals surface area contributed by atoms with E-state index in [4.69, 9.17) is 0 Å². The number of carboxylic acid groups (broad SMARTS) is 1. The lowest BCUT2D eigenvalue weighted by atomic mass is 9.80. The van der Waals surface area contributed by atoms with E-state index >= 15 is 0 Å². The first kappa shape index (κ1) is 11.9. The van der Waals surface area contributed by atoms with Gasteiger partial charge < -0.3 is 5.11 Å². The maximum absolute atomic E-state index is 11.7. The molecule has 92 valence electrons. The topological polar surface area (TPSA) is 40.5 Å². The van der Waals surface area contributed by atoms with Gasteiger partial charge in [-0.1, -0.05) is 26.2 Å². The molecule has 0 aromatic rings. The molecule has 0 bridgehead atoms. The summed E-state index contributed by atoms with van der Waals surface area (Å²) >= 11 is 0. The van der Waals surface area contributed by atoms with Gasteiger partial charge in [0, 0.05) is 6.04 Å². The minimum Gasteiger partial charge on any atom is -0.480 e. The molecule has 0 aromatic heterocycles. The van der Waals surface area contributed by atoms with Crippen LogP contribution in [0.1, 0.15) is 58.3 Å². The minimum atomic E-state index is -0.576. The quantitative estimate of drug-likeness (QED) is 0.782. The molecule has 1 N–H and O–H groups in total. The lowest BCUT2D eigenvalue weighted by molar-refractivity contribution is -0.155. The number of aliphatic carboxylic acids is 1. The fraction of sp³-hybridized carbons (Fsp3) is 0.923. The average molecular weight is 225 g/mol. The predicted molar refractivity (Wildman–Crippen MR) is 63.5 cm³/mol. The Kier molecular flexibility index (Phi) is 3.53. The Morgan fingerprint density at radius 1 is 1.31 bits per heavy atom. The van der Waals surface area contributed by atoms with Gasteiger partial charge in [0.1, 0.15) is 5.54 Å². The van der Waals surface area contributed by atoms with Crippen LogP contribution in [0.15, 0.2) is 0 Å². The normalized spacial score (nSPS) is 24.6. The number of carbonyl (C=O) groups is 1. The molecule has 0 saturated heterocycles. The summed E-state index contributed by atoms with van der Waals surface area (Å²) < 4.78 is 0. The first-order chi connectivity index (χ1) is 7.70. The molecule has 2 aliphatic rings. The third-order valence-corrected chi connectivity index (χ3v) is 4.08. The average Bonchev–Trinajstić information content (AvgIpc) is 3.10. The summed E-state index contributed by atoms with van der Waals surface area (Å²) in [6, 6.07) is 0.564. The molecule has 0 radical (unpaired) electrons. The van der Waals surface area contributed by atoms with Gasteiger partial charge in [0.25, 0.3) is 0 Å². The molecule has 0 heterocycles. The fourth-order valence-electron chi connectivity index (χ4n) is 3.13. The van der Waals surface area contributed by atoms with Crippen LogP contribution < -0.4 is 0 Å². The Labute approximate surface area is 97.8 Å². The van der Waals surface area contributed by atoms with Crippen molar-refractivity contribution in [2.45, 2.75) is 69.9 Å². The molecular weight excluding hydrogens is 202 g/mol. The molecule has 0 unspecified atom stereocenters. The van der Waals surface area contributed by atoms with E-state index in [0.29, 0.717) is 6.04 Å². The second-order valence-electron chi connectivity index (χ2n) is 5.32. The van der Waals surface area contributed by atoms with Gasteiger partial charge in [0.2, 0.25) is 0 Å². The van der Waals surface area contributed by atoms with E-state index in [9.17, 15) is 9.90 Å². The molecule has 2 saturated carbocycles. The smallest absolute Gasteiger partial charge is 0.324 e. The van der Waals surface area contributed by atoms with E-state index in [0.717, 1.165) is 38.6 Å². The van der Waals surface area contributed by atoms with Crippen LogP contribution >= 0.6 is 0 Å². The van der Waals surface area contributed by atoms with Crippen molar-refractivity contribution < 1.29 is 9.90 Å². The summed E-state index contributed by atoms with van der Waals surface area (Å²) in [4.78, 5) is 14.0. The molecule has 0 aliphatic heterocycles. The molecule has 2 aliphatic carbocycles. The Balaban J connectivity index is 2.17. The van der Waals surface area contributed by atoms with Crippen molar-refractivity contribution in [3.63, 3.8) is 0 Å². The zero-order valence-electron chi connectivity index (χ0n) is 10.2. The maximum atomic E-state index is 11.7. The van der Waals surface area contributed by atoms with E-state index in [-0.39, 0.29) is 0 Å². The minimum absolute atomic E-state index is 0.518. The first-order valence-electron chi connectivity index (χ1n) is 6.71. The first-order valence-corrected chi connectivity index (χ1v) is 6.71. The molecule has 3 nitrogen and oxygen atoms in total. The van der Waals surface area contributed by atoms with Crippen molar-refractivity contribution in [1.29, 1.82) is 0 Å². The molecule has 0 amide bonds. The van der Waals surface area contributed by atoms with Gasteiger partial charge in [-0.2, -0.15) is 0 Å². The van der Waals surface area contributed by atoms with Gasteiger partial charge in [0.15, 0.2) is 0 Å². The van der Waals surface area contributed by atoms with Crippen LogP contribution in [0.3, 0.4) is 0 Å². The maximum Gasteiger partial charge on any atom is 0.324 e. The van der Waals surface area contributed by atoms with E-state index in [2.05, 4.69) is 11.8 Å². The van der Waals surface area contributed by atoms with Gasteiger partial charge in [-0.15, -0.1) is 0 Å². The number of hydrogen-bond donors (Lipinski definition) is 1. The highest BCUT2D eigenvalue weighted by Gasteiger charge is 2.49. The Morgan fingerprint density at radius 2 is 1.94 bits per heavy atom. The number of nitrogens with zero attached hydrogens (tertiary/aromatic N) is 1. The molecular formula is C13H23NO2. The van der Waals surface area contributed by atoms with Gasteiger partial charge in [-0.25, -0.2) is 0 Å². The molecule has 0 spiro atoms.